The first-order chi connectivity index (χ1) is 9.36. The minimum atomic E-state index is -1.23. The van der Waals surface area contributed by atoms with E-state index in [1.165, 1.54) is 19.1 Å². The smallest absolute Gasteiger partial charge is 0.339 e. The molecule has 0 aliphatic rings. The van der Waals surface area contributed by atoms with E-state index >= 15 is 0 Å². The molecule has 0 aromatic heterocycles. The van der Waals surface area contributed by atoms with E-state index in [9.17, 15) is 9.59 Å². The summed E-state index contributed by atoms with van der Waals surface area (Å²) in [4.78, 5) is 22.9. The zero-order valence-corrected chi connectivity index (χ0v) is 12.6. The second kappa shape index (κ2) is 7.36. The first kappa shape index (κ1) is 16.6. The molecule has 7 heteroatoms. The van der Waals surface area contributed by atoms with Gasteiger partial charge in [0.1, 0.15) is 5.56 Å². The molecule has 1 amide bonds. The van der Waals surface area contributed by atoms with Crippen LogP contribution < -0.4 is 10.1 Å². The predicted molar refractivity (Wildman–Crippen MR) is 76.8 cm³/mol. The van der Waals surface area contributed by atoms with Crippen molar-refractivity contribution in [2.45, 2.75) is 26.4 Å². The van der Waals surface area contributed by atoms with Gasteiger partial charge in [-0.25, -0.2) is 4.79 Å². The molecular formula is C13H15Cl2NO4. The lowest BCUT2D eigenvalue weighted by atomic mass is 10.2. The SMILES string of the molecule is CCCNC(=O)C(C)Oc1c(Cl)cc(Cl)cc1C(=O)O. The normalized spacial score (nSPS) is 11.8. The van der Waals surface area contributed by atoms with Gasteiger partial charge in [0.05, 0.1) is 5.02 Å². The maximum atomic E-state index is 11.7. The summed E-state index contributed by atoms with van der Waals surface area (Å²) in [7, 11) is 0. The van der Waals surface area contributed by atoms with Gasteiger partial charge >= 0.3 is 5.97 Å². The molecule has 110 valence electrons. The molecule has 0 bridgehead atoms. The molecule has 1 unspecified atom stereocenters. The molecule has 0 aliphatic heterocycles. The summed E-state index contributed by atoms with van der Waals surface area (Å²) >= 11 is 11.7. The van der Waals surface area contributed by atoms with Crippen LogP contribution in [-0.4, -0.2) is 29.6 Å². The Balaban J connectivity index is 2.97. The number of ether oxygens (including phenoxy) is 1. The van der Waals surface area contributed by atoms with Crippen molar-refractivity contribution in [3.63, 3.8) is 0 Å². The number of carboxylic acid groups (broad SMARTS) is 1. The van der Waals surface area contributed by atoms with E-state index in [2.05, 4.69) is 5.32 Å². The average Bonchev–Trinajstić information content (AvgIpc) is 2.38. The van der Waals surface area contributed by atoms with Crippen LogP contribution in [0.4, 0.5) is 0 Å². The Morgan fingerprint density at radius 1 is 1.40 bits per heavy atom. The molecule has 1 aromatic rings. The van der Waals surface area contributed by atoms with E-state index in [-0.39, 0.29) is 27.3 Å². The zero-order chi connectivity index (χ0) is 15.3. The summed E-state index contributed by atoms with van der Waals surface area (Å²) in [5.41, 5.74) is -0.183. The Kier molecular flexibility index (Phi) is 6.10. The number of rotatable bonds is 6. The third-order valence-electron chi connectivity index (χ3n) is 2.45. The van der Waals surface area contributed by atoms with E-state index in [1.807, 2.05) is 6.92 Å². The van der Waals surface area contributed by atoms with Crippen LogP contribution in [0.1, 0.15) is 30.6 Å². The van der Waals surface area contributed by atoms with Gasteiger partial charge < -0.3 is 15.2 Å². The van der Waals surface area contributed by atoms with E-state index in [4.69, 9.17) is 33.0 Å². The van der Waals surface area contributed by atoms with E-state index in [0.29, 0.717) is 6.54 Å². The number of amides is 1. The van der Waals surface area contributed by atoms with Crippen LogP contribution in [0.3, 0.4) is 0 Å². The summed E-state index contributed by atoms with van der Waals surface area (Å²) in [5.74, 6) is -1.64. The lowest BCUT2D eigenvalue weighted by molar-refractivity contribution is -0.127. The van der Waals surface area contributed by atoms with Crippen molar-refractivity contribution >= 4 is 35.1 Å². The molecule has 0 fully saturated rings. The van der Waals surface area contributed by atoms with E-state index in [0.717, 1.165) is 6.42 Å². The maximum absolute atomic E-state index is 11.7. The van der Waals surface area contributed by atoms with Crippen LogP contribution in [0.5, 0.6) is 5.75 Å². The number of nitrogens with one attached hydrogen (secondary N) is 1. The Morgan fingerprint density at radius 3 is 2.60 bits per heavy atom. The maximum Gasteiger partial charge on any atom is 0.339 e. The fourth-order valence-electron chi connectivity index (χ4n) is 1.46. The molecule has 0 saturated carbocycles. The van der Waals surface area contributed by atoms with Crippen molar-refractivity contribution in [2.75, 3.05) is 6.54 Å². The van der Waals surface area contributed by atoms with Crippen molar-refractivity contribution in [3.05, 3.63) is 27.7 Å². The molecule has 0 aliphatic carbocycles. The number of carbonyl (C=O) groups is 2. The average molecular weight is 320 g/mol. The molecule has 0 saturated heterocycles. The van der Waals surface area contributed by atoms with Crippen LogP contribution in [0.2, 0.25) is 10.0 Å². The quantitative estimate of drug-likeness (QED) is 0.845. The Hall–Kier alpha value is -1.46. The fourth-order valence-corrected chi connectivity index (χ4v) is 2.00. The second-order valence-corrected chi connectivity index (χ2v) is 4.96. The number of carboxylic acids is 1. The molecule has 5 nitrogen and oxygen atoms in total. The Labute approximate surface area is 126 Å². The molecule has 20 heavy (non-hydrogen) atoms. The van der Waals surface area contributed by atoms with Crippen LogP contribution in [0.25, 0.3) is 0 Å². The highest BCUT2D eigenvalue weighted by atomic mass is 35.5. The Morgan fingerprint density at radius 2 is 2.05 bits per heavy atom. The van der Waals surface area contributed by atoms with Crippen molar-refractivity contribution in [1.82, 2.24) is 5.32 Å². The van der Waals surface area contributed by atoms with Crippen LogP contribution in [-0.2, 0) is 4.79 Å². The van der Waals surface area contributed by atoms with Crippen molar-refractivity contribution in [3.8, 4) is 5.75 Å². The minimum Gasteiger partial charge on any atom is -0.478 e. The van der Waals surface area contributed by atoms with Crippen molar-refractivity contribution in [1.29, 1.82) is 0 Å². The third kappa shape index (κ3) is 4.28. The lowest BCUT2D eigenvalue weighted by Crippen LogP contribution is -2.37. The largest absolute Gasteiger partial charge is 0.478 e. The third-order valence-corrected chi connectivity index (χ3v) is 2.95. The molecular weight excluding hydrogens is 305 g/mol. The molecule has 1 rings (SSSR count). The molecule has 1 aromatic carbocycles. The van der Waals surface area contributed by atoms with Crippen LogP contribution >= 0.6 is 23.2 Å². The van der Waals surface area contributed by atoms with Crippen molar-refractivity contribution < 1.29 is 19.4 Å². The van der Waals surface area contributed by atoms with Crippen LogP contribution in [0.15, 0.2) is 12.1 Å². The summed E-state index contributed by atoms with van der Waals surface area (Å²) < 4.78 is 5.37. The van der Waals surface area contributed by atoms with Gasteiger partial charge in [0.15, 0.2) is 11.9 Å². The first-order valence-electron chi connectivity index (χ1n) is 6.03. The van der Waals surface area contributed by atoms with Gasteiger partial charge in [-0.15, -0.1) is 0 Å². The number of carbonyl (C=O) groups excluding carboxylic acids is 1. The number of halogens is 2. The number of hydrogen-bond donors (Lipinski definition) is 2. The van der Waals surface area contributed by atoms with Gasteiger partial charge in [-0.05, 0) is 25.5 Å². The van der Waals surface area contributed by atoms with Crippen LogP contribution in [0, 0.1) is 0 Å². The van der Waals surface area contributed by atoms with Gasteiger partial charge in [0.2, 0.25) is 0 Å². The molecule has 0 spiro atoms. The van der Waals surface area contributed by atoms with E-state index < -0.39 is 12.1 Å². The minimum absolute atomic E-state index is 0.0463. The Bertz CT molecular complexity index is 519. The summed E-state index contributed by atoms with van der Waals surface area (Å²) in [6.45, 7) is 3.96. The lowest BCUT2D eigenvalue weighted by Gasteiger charge is -2.17. The van der Waals surface area contributed by atoms with Gasteiger partial charge in [-0.1, -0.05) is 30.1 Å². The number of hydrogen-bond acceptors (Lipinski definition) is 3. The molecule has 2 N–H and O–H groups in total. The molecule has 1 atom stereocenters. The monoisotopic (exact) mass is 319 g/mol. The van der Waals surface area contributed by atoms with E-state index in [1.54, 1.807) is 0 Å². The highest BCUT2D eigenvalue weighted by Crippen LogP contribution is 2.33. The standard InChI is InChI=1S/C13H15Cl2NO4/c1-3-4-16-12(17)7(2)20-11-9(13(18)19)5-8(14)6-10(11)15/h5-7H,3-4H2,1-2H3,(H,16,17)(H,18,19). The first-order valence-corrected chi connectivity index (χ1v) is 6.79. The summed E-state index contributed by atoms with van der Waals surface area (Å²) in [5, 5.41) is 12.0. The summed E-state index contributed by atoms with van der Waals surface area (Å²) in [6.07, 6.45) is -0.0705. The molecule has 0 radical (unpaired) electrons. The number of aromatic carboxylic acids is 1. The predicted octanol–water partition coefficient (Wildman–Crippen LogP) is 2.99. The zero-order valence-electron chi connectivity index (χ0n) is 11.1. The van der Waals surface area contributed by atoms with Gasteiger partial charge in [0.25, 0.3) is 5.91 Å². The highest BCUT2D eigenvalue weighted by molar-refractivity contribution is 6.36. The van der Waals surface area contributed by atoms with Crippen molar-refractivity contribution in [2.24, 2.45) is 0 Å². The number of benzene rings is 1. The van der Waals surface area contributed by atoms with Gasteiger partial charge in [0, 0.05) is 11.6 Å². The van der Waals surface area contributed by atoms with Gasteiger partial charge in [-0.3, -0.25) is 4.79 Å². The van der Waals surface area contributed by atoms with Gasteiger partial charge in [-0.2, -0.15) is 0 Å². The fraction of sp³-hybridized carbons (Fsp3) is 0.385. The topological polar surface area (TPSA) is 75.6 Å². The highest BCUT2D eigenvalue weighted by Gasteiger charge is 2.21. The molecule has 0 heterocycles. The summed E-state index contributed by atoms with van der Waals surface area (Å²) in [6, 6.07) is 2.59. The second-order valence-electron chi connectivity index (χ2n) is 4.12.